The van der Waals surface area contributed by atoms with Crippen LogP contribution in [-0.2, 0) is 20.1 Å². The number of hydrogen-bond donors (Lipinski definition) is 1. The lowest BCUT2D eigenvalue weighted by atomic mass is 9.97. The van der Waals surface area contributed by atoms with Crippen molar-refractivity contribution in [2.24, 2.45) is 7.05 Å². The smallest absolute Gasteiger partial charge is 0.123 e. The molecule has 1 aliphatic rings. The summed E-state index contributed by atoms with van der Waals surface area (Å²) in [5.41, 5.74) is 4.44. The Bertz CT molecular complexity index is 824. The van der Waals surface area contributed by atoms with Gasteiger partial charge in [0.25, 0.3) is 0 Å². The average Bonchev–Trinajstić information content (AvgIpc) is 2.84. The number of benzene rings is 2. The first-order valence-electron chi connectivity index (χ1n) is 7.61. The van der Waals surface area contributed by atoms with Crippen molar-refractivity contribution < 1.29 is 5.11 Å². The first-order valence-corrected chi connectivity index (χ1v) is 7.61. The van der Waals surface area contributed by atoms with Gasteiger partial charge in [0.2, 0.25) is 0 Å². The monoisotopic (exact) mass is 293 g/mol. The van der Waals surface area contributed by atoms with Crippen molar-refractivity contribution in [3.63, 3.8) is 0 Å². The van der Waals surface area contributed by atoms with Crippen LogP contribution in [0.2, 0.25) is 0 Å². The summed E-state index contributed by atoms with van der Waals surface area (Å²) in [6, 6.07) is 16.3. The molecule has 0 radical (unpaired) electrons. The standard InChI is InChI=1S/C18H19N3O/c1-20-16-9-5-4-8-15(16)19-18(20)12-21-10-13-6-2-3-7-14(13)17(22)11-21/h2-9,17,22H,10-12H2,1H3. The van der Waals surface area contributed by atoms with Crippen LogP contribution < -0.4 is 0 Å². The minimum Gasteiger partial charge on any atom is -0.387 e. The van der Waals surface area contributed by atoms with Crippen LogP contribution >= 0.6 is 0 Å². The third-order valence-electron chi connectivity index (χ3n) is 4.48. The fourth-order valence-electron chi connectivity index (χ4n) is 3.31. The summed E-state index contributed by atoms with van der Waals surface area (Å²) in [5, 5.41) is 10.4. The maximum absolute atomic E-state index is 10.4. The summed E-state index contributed by atoms with van der Waals surface area (Å²) in [7, 11) is 2.05. The Balaban J connectivity index is 1.62. The number of aromatic nitrogens is 2. The molecule has 112 valence electrons. The molecule has 1 N–H and O–H groups in total. The first kappa shape index (κ1) is 13.5. The molecule has 3 aromatic rings. The summed E-state index contributed by atoms with van der Waals surface area (Å²) in [6.45, 7) is 2.26. The molecule has 0 aliphatic carbocycles. The van der Waals surface area contributed by atoms with E-state index in [1.165, 1.54) is 5.56 Å². The summed E-state index contributed by atoms with van der Waals surface area (Å²) in [5.74, 6) is 1.03. The lowest BCUT2D eigenvalue weighted by molar-refractivity contribution is 0.0862. The van der Waals surface area contributed by atoms with E-state index in [-0.39, 0.29) is 0 Å². The molecule has 0 bridgehead atoms. The van der Waals surface area contributed by atoms with Gasteiger partial charge in [0.05, 0.1) is 23.7 Å². The highest BCUT2D eigenvalue weighted by atomic mass is 16.3. The van der Waals surface area contributed by atoms with Crippen molar-refractivity contribution in [1.29, 1.82) is 0 Å². The van der Waals surface area contributed by atoms with E-state index < -0.39 is 6.10 Å². The molecule has 2 aromatic carbocycles. The molecule has 0 amide bonds. The largest absolute Gasteiger partial charge is 0.387 e. The number of aliphatic hydroxyl groups excluding tert-OH is 1. The average molecular weight is 293 g/mol. The van der Waals surface area contributed by atoms with Crippen molar-refractivity contribution in [2.45, 2.75) is 19.2 Å². The molecule has 0 spiro atoms. The van der Waals surface area contributed by atoms with Gasteiger partial charge in [-0.25, -0.2) is 4.98 Å². The second-order valence-corrected chi connectivity index (χ2v) is 5.96. The molecule has 1 unspecified atom stereocenters. The number of nitrogens with zero attached hydrogens (tertiary/aromatic N) is 3. The van der Waals surface area contributed by atoms with E-state index in [9.17, 15) is 5.11 Å². The van der Waals surface area contributed by atoms with Crippen molar-refractivity contribution in [3.8, 4) is 0 Å². The van der Waals surface area contributed by atoms with Gasteiger partial charge in [-0.05, 0) is 23.3 Å². The zero-order valence-electron chi connectivity index (χ0n) is 12.6. The van der Waals surface area contributed by atoms with Crippen LogP contribution in [0, 0.1) is 0 Å². The van der Waals surface area contributed by atoms with Gasteiger partial charge >= 0.3 is 0 Å². The number of fused-ring (bicyclic) bond motifs is 2. The Morgan fingerprint density at radius 3 is 2.77 bits per heavy atom. The maximum atomic E-state index is 10.4. The third kappa shape index (κ3) is 2.21. The molecule has 1 atom stereocenters. The van der Waals surface area contributed by atoms with E-state index in [1.807, 2.05) is 36.4 Å². The number of aryl methyl sites for hydroxylation is 1. The fraction of sp³-hybridized carbons (Fsp3) is 0.278. The van der Waals surface area contributed by atoms with Crippen molar-refractivity contribution >= 4 is 11.0 Å². The quantitative estimate of drug-likeness (QED) is 0.789. The Hall–Kier alpha value is -2.17. The van der Waals surface area contributed by atoms with Crippen LogP contribution in [0.5, 0.6) is 0 Å². The van der Waals surface area contributed by atoms with Crippen LogP contribution in [0.1, 0.15) is 23.1 Å². The molecule has 4 heteroatoms. The van der Waals surface area contributed by atoms with Gasteiger partial charge in [0.1, 0.15) is 5.82 Å². The van der Waals surface area contributed by atoms with Gasteiger partial charge in [0.15, 0.2) is 0 Å². The molecule has 1 aliphatic heterocycles. The molecular weight excluding hydrogens is 274 g/mol. The topological polar surface area (TPSA) is 41.3 Å². The molecule has 4 nitrogen and oxygen atoms in total. The van der Waals surface area contributed by atoms with E-state index in [0.29, 0.717) is 6.54 Å². The highest BCUT2D eigenvalue weighted by Crippen LogP contribution is 2.27. The van der Waals surface area contributed by atoms with Crippen LogP contribution in [0.15, 0.2) is 48.5 Å². The maximum Gasteiger partial charge on any atom is 0.123 e. The van der Waals surface area contributed by atoms with Crippen LogP contribution in [0.25, 0.3) is 11.0 Å². The van der Waals surface area contributed by atoms with Gasteiger partial charge in [0, 0.05) is 20.1 Å². The van der Waals surface area contributed by atoms with Crippen LogP contribution in [0.4, 0.5) is 0 Å². The number of para-hydroxylation sites is 2. The lowest BCUT2D eigenvalue weighted by Gasteiger charge is -2.31. The van der Waals surface area contributed by atoms with Gasteiger partial charge < -0.3 is 9.67 Å². The van der Waals surface area contributed by atoms with Gasteiger partial charge in [-0.2, -0.15) is 0 Å². The lowest BCUT2D eigenvalue weighted by Crippen LogP contribution is -2.33. The van der Waals surface area contributed by atoms with Crippen molar-refractivity contribution in [2.75, 3.05) is 6.54 Å². The number of hydrogen-bond acceptors (Lipinski definition) is 3. The molecule has 0 fully saturated rings. The van der Waals surface area contributed by atoms with Crippen LogP contribution in [0.3, 0.4) is 0 Å². The highest BCUT2D eigenvalue weighted by Gasteiger charge is 2.24. The van der Waals surface area contributed by atoms with E-state index in [0.717, 1.165) is 35.5 Å². The number of β-amino-alcohol motifs (C(OH)–C–C–N with tert-alkyl or cyclic N) is 1. The second-order valence-electron chi connectivity index (χ2n) is 5.96. The number of rotatable bonds is 2. The Kier molecular flexibility index (Phi) is 3.21. The molecule has 0 saturated heterocycles. The van der Waals surface area contributed by atoms with E-state index in [2.05, 4.69) is 28.6 Å². The normalized spacial score (nSPS) is 18.5. The predicted molar refractivity (Wildman–Crippen MR) is 86.2 cm³/mol. The van der Waals surface area contributed by atoms with E-state index >= 15 is 0 Å². The van der Waals surface area contributed by atoms with Gasteiger partial charge in [-0.3, -0.25) is 4.90 Å². The Morgan fingerprint density at radius 2 is 1.91 bits per heavy atom. The number of imidazole rings is 1. The summed E-state index contributed by atoms with van der Waals surface area (Å²) in [6.07, 6.45) is -0.417. The zero-order chi connectivity index (χ0) is 15.1. The second kappa shape index (κ2) is 5.23. The molecule has 22 heavy (non-hydrogen) atoms. The molecular formula is C18H19N3O. The zero-order valence-corrected chi connectivity index (χ0v) is 12.6. The Labute approximate surface area is 129 Å². The van der Waals surface area contributed by atoms with E-state index in [1.54, 1.807) is 0 Å². The molecule has 4 rings (SSSR count). The molecule has 0 saturated carbocycles. The first-order chi connectivity index (χ1) is 10.7. The van der Waals surface area contributed by atoms with E-state index in [4.69, 9.17) is 4.98 Å². The van der Waals surface area contributed by atoms with Crippen molar-refractivity contribution in [3.05, 3.63) is 65.5 Å². The third-order valence-corrected chi connectivity index (χ3v) is 4.48. The summed E-state index contributed by atoms with van der Waals surface area (Å²) >= 11 is 0. The summed E-state index contributed by atoms with van der Waals surface area (Å²) in [4.78, 5) is 6.99. The summed E-state index contributed by atoms with van der Waals surface area (Å²) < 4.78 is 2.14. The number of aliphatic hydroxyl groups is 1. The fourth-order valence-corrected chi connectivity index (χ4v) is 3.31. The van der Waals surface area contributed by atoms with Crippen molar-refractivity contribution in [1.82, 2.24) is 14.5 Å². The van der Waals surface area contributed by atoms with Crippen LogP contribution in [-0.4, -0.2) is 26.1 Å². The highest BCUT2D eigenvalue weighted by molar-refractivity contribution is 5.75. The SMILES string of the molecule is Cn1c(CN2Cc3ccccc3C(O)C2)nc2ccccc21. The predicted octanol–water partition coefficient (Wildman–Crippen LogP) is 2.62. The van der Waals surface area contributed by atoms with Gasteiger partial charge in [-0.1, -0.05) is 36.4 Å². The molecule has 1 aromatic heterocycles. The molecule has 2 heterocycles. The Morgan fingerprint density at radius 1 is 1.14 bits per heavy atom. The minimum atomic E-state index is -0.417. The van der Waals surface area contributed by atoms with Gasteiger partial charge in [-0.15, -0.1) is 0 Å². The minimum absolute atomic E-state index is 0.417.